The van der Waals surface area contributed by atoms with Gasteiger partial charge < -0.3 is 14.8 Å². The van der Waals surface area contributed by atoms with E-state index in [0.717, 1.165) is 24.8 Å². The number of benzene rings is 2. The van der Waals surface area contributed by atoms with E-state index in [9.17, 15) is 9.90 Å². The van der Waals surface area contributed by atoms with Crippen LogP contribution in [0.4, 0.5) is 0 Å². The molecule has 2 aliphatic carbocycles. The maximum Gasteiger partial charge on any atom is 0.314 e. The number of aryl methyl sites for hydroxylation is 1. The first-order valence-electron chi connectivity index (χ1n) is 10.2. The van der Waals surface area contributed by atoms with Gasteiger partial charge in [0.1, 0.15) is 0 Å². The Kier molecular flexibility index (Phi) is 3.70. The van der Waals surface area contributed by atoms with Gasteiger partial charge >= 0.3 is 5.97 Å². The standard InChI is InChI=1S/C24H27NO3/c1-23-11-10-21(26)24(2,22(27)28-3)20(23)9-8-14-12-19-16(13-17(14)23)15-6-4-5-7-18(15)25-19/h4-7,12-13,20-21,25-26H,8-11H2,1-3H3/t20-,21+,23?,24+/m1/s1. The van der Waals surface area contributed by atoms with Crippen LogP contribution in [0.2, 0.25) is 0 Å². The first-order valence-corrected chi connectivity index (χ1v) is 10.2. The molecule has 5 rings (SSSR count). The molecule has 0 radical (unpaired) electrons. The number of para-hydroxylation sites is 1. The summed E-state index contributed by atoms with van der Waals surface area (Å²) < 4.78 is 5.16. The number of esters is 1. The van der Waals surface area contributed by atoms with Crippen LogP contribution in [-0.4, -0.2) is 29.3 Å². The molecular weight excluding hydrogens is 350 g/mol. The number of aromatic amines is 1. The molecule has 4 heteroatoms. The minimum Gasteiger partial charge on any atom is -0.469 e. The lowest BCUT2D eigenvalue weighted by molar-refractivity contribution is -0.175. The van der Waals surface area contributed by atoms with Gasteiger partial charge in [0.2, 0.25) is 0 Å². The molecule has 2 N–H and O–H groups in total. The van der Waals surface area contributed by atoms with Gasteiger partial charge in [-0.05, 0) is 73.3 Å². The van der Waals surface area contributed by atoms with Crippen molar-refractivity contribution < 1.29 is 14.6 Å². The van der Waals surface area contributed by atoms with Crippen molar-refractivity contribution in [3.8, 4) is 0 Å². The average molecular weight is 377 g/mol. The molecule has 0 aliphatic heterocycles. The zero-order chi connectivity index (χ0) is 19.7. The van der Waals surface area contributed by atoms with E-state index in [4.69, 9.17) is 4.74 Å². The van der Waals surface area contributed by atoms with Crippen LogP contribution in [0.5, 0.6) is 0 Å². The van der Waals surface area contributed by atoms with Crippen LogP contribution in [0.1, 0.15) is 44.2 Å². The largest absolute Gasteiger partial charge is 0.469 e. The van der Waals surface area contributed by atoms with E-state index in [1.54, 1.807) is 0 Å². The number of carbonyl (C=O) groups excluding carboxylic acids is 1. The van der Waals surface area contributed by atoms with E-state index in [2.05, 4.69) is 48.3 Å². The minimum atomic E-state index is -0.866. The van der Waals surface area contributed by atoms with Gasteiger partial charge in [-0.25, -0.2) is 0 Å². The summed E-state index contributed by atoms with van der Waals surface area (Å²) in [7, 11) is 1.43. The van der Waals surface area contributed by atoms with Crippen LogP contribution in [0, 0.1) is 11.3 Å². The van der Waals surface area contributed by atoms with Gasteiger partial charge in [0.15, 0.2) is 0 Å². The van der Waals surface area contributed by atoms with E-state index in [1.807, 2.05) is 6.92 Å². The molecule has 0 amide bonds. The first kappa shape index (κ1) is 17.7. The Labute approximate surface area is 164 Å². The normalized spacial score (nSPS) is 32.1. The number of methoxy groups -OCH3 is 1. The van der Waals surface area contributed by atoms with Gasteiger partial charge in [-0.3, -0.25) is 4.79 Å². The third kappa shape index (κ3) is 2.12. The Balaban J connectivity index is 1.73. The Hall–Kier alpha value is -2.33. The van der Waals surface area contributed by atoms with E-state index in [0.29, 0.717) is 6.42 Å². The number of carbonyl (C=O) groups is 1. The van der Waals surface area contributed by atoms with Crippen LogP contribution in [-0.2, 0) is 21.4 Å². The summed E-state index contributed by atoms with van der Waals surface area (Å²) in [6.45, 7) is 4.18. The summed E-state index contributed by atoms with van der Waals surface area (Å²) >= 11 is 0. The smallest absolute Gasteiger partial charge is 0.314 e. The molecule has 146 valence electrons. The Morgan fingerprint density at radius 1 is 1.14 bits per heavy atom. The highest BCUT2D eigenvalue weighted by Gasteiger charge is 2.59. The number of hydrogen-bond acceptors (Lipinski definition) is 3. The molecule has 1 saturated carbocycles. The lowest BCUT2D eigenvalue weighted by Gasteiger charge is -2.55. The summed E-state index contributed by atoms with van der Waals surface area (Å²) in [5.74, 6) is -0.223. The monoisotopic (exact) mass is 377 g/mol. The highest BCUT2D eigenvalue weighted by molar-refractivity contribution is 6.07. The number of aromatic nitrogens is 1. The number of fused-ring (bicyclic) bond motifs is 6. The highest BCUT2D eigenvalue weighted by Crippen LogP contribution is 2.58. The van der Waals surface area contributed by atoms with Gasteiger partial charge in [-0.15, -0.1) is 0 Å². The van der Waals surface area contributed by atoms with Gasteiger partial charge in [0.25, 0.3) is 0 Å². The lowest BCUT2D eigenvalue weighted by Crippen LogP contribution is -2.58. The zero-order valence-electron chi connectivity index (χ0n) is 16.7. The molecule has 2 aromatic carbocycles. The van der Waals surface area contributed by atoms with Crippen LogP contribution in [0.3, 0.4) is 0 Å². The molecule has 0 bridgehead atoms. The second-order valence-electron chi connectivity index (χ2n) is 9.06. The molecular formula is C24H27NO3. The predicted molar refractivity (Wildman–Crippen MR) is 110 cm³/mol. The number of nitrogens with one attached hydrogen (secondary N) is 1. The molecule has 1 unspecified atom stereocenters. The Morgan fingerprint density at radius 2 is 1.93 bits per heavy atom. The van der Waals surface area contributed by atoms with E-state index < -0.39 is 11.5 Å². The van der Waals surface area contributed by atoms with Crippen molar-refractivity contribution in [2.24, 2.45) is 11.3 Å². The van der Waals surface area contributed by atoms with Gasteiger partial charge in [-0.1, -0.05) is 25.1 Å². The van der Waals surface area contributed by atoms with Crippen molar-refractivity contribution in [1.29, 1.82) is 0 Å². The number of ether oxygens (including phenoxy) is 1. The molecule has 2 aliphatic rings. The summed E-state index contributed by atoms with van der Waals surface area (Å²) in [6, 6.07) is 13.0. The van der Waals surface area contributed by atoms with Crippen molar-refractivity contribution in [2.75, 3.05) is 7.11 Å². The van der Waals surface area contributed by atoms with Crippen LogP contribution >= 0.6 is 0 Å². The molecule has 1 heterocycles. The van der Waals surface area contributed by atoms with Crippen LogP contribution in [0.25, 0.3) is 21.8 Å². The predicted octanol–water partition coefficient (Wildman–Crippen LogP) is 4.48. The number of aliphatic hydroxyl groups excluding tert-OH is 1. The minimum absolute atomic E-state index is 0.0614. The second kappa shape index (κ2) is 5.84. The fraction of sp³-hybridized carbons (Fsp3) is 0.458. The summed E-state index contributed by atoms with van der Waals surface area (Å²) in [5.41, 5.74) is 4.01. The number of aliphatic hydroxyl groups is 1. The van der Waals surface area contributed by atoms with Crippen molar-refractivity contribution >= 4 is 27.8 Å². The summed E-state index contributed by atoms with van der Waals surface area (Å²) in [5, 5.41) is 13.3. The Morgan fingerprint density at radius 3 is 2.71 bits per heavy atom. The molecule has 4 atom stereocenters. The van der Waals surface area contributed by atoms with Crippen molar-refractivity contribution in [3.05, 3.63) is 47.5 Å². The topological polar surface area (TPSA) is 62.3 Å². The lowest BCUT2D eigenvalue weighted by atomic mass is 9.49. The molecule has 3 aromatic rings. The summed E-state index contributed by atoms with van der Waals surface area (Å²) in [6.07, 6.45) is 2.64. The molecule has 28 heavy (non-hydrogen) atoms. The molecule has 1 aromatic heterocycles. The molecule has 0 saturated heterocycles. The van der Waals surface area contributed by atoms with E-state index in [-0.39, 0.29) is 17.3 Å². The second-order valence-corrected chi connectivity index (χ2v) is 9.06. The van der Waals surface area contributed by atoms with Gasteiger partial charge in [0.05, 0.1) is 18.6 Å². The quantitative estimate of drug-likeness (QED) is 0.615. The van der Waals surface area contributed by atoms with Gasteiger partial charge in [0, 0.05) is 21.8 Å². The highest BCUT2D eigenvalue weighted by atomic mass is 16.5. The Bertz CT molecular complexity index is 1100. The number of rotatable bonds is 1. The van der Waals surface area contributed by atoms with Crippen molar-refractivity contribution in [2.45, 2.75) is 51.0 Å². The van der Waals surface area contributed by atoms with Gasteiger partial charge in [-0.2, -0.15) is 0 Å². The summed E-state index contributed by atoms with van der Waals surface area (Å²) in [4.78, 5) is 16.3. The maximum absolute atomic E-state index is 12.8. The zero-order valence-corrected chi connectivity index (χ0v) is 16.7. The van der Waals surface area contributed by atoms with E-state index >= 15 is 0 Å². The van der Waals surface area contributed by atoms with E-state index in [1.165, 1.54) is 34.5 Å². The first-order chi connectivity index (χ1) is 13.4. The van der Waals surface area contributed by atoms with Crippen molar-refractivity contribution in [3.63, 3.8) is 0 Å². The third-order valence-corrected chi connectivity index (χ3v) is 7.80. The molecule has 1 fully saturated rings. The fourth-order valence-electron chi connectivity index (χ4n) is 6.22. The van der Waals surface area contributed by atoms with Crippen LogP contribution in [0.15, 0.2) is 36.4 Å². The van der Waals surface area contributed by atoms with Crippen LogP contribution < -0.4 is 0 Å². The number of H-pyrrole nitrogens is 1. The van der Waals surface area contributed by atoms with Crippen molar-refractivity contribution in [1.82, 2.24) is 4.98 Å². The SMILES string of the molecule is COC(=O)[C@@]1(C)[C@@H]2CCc3cc4[nH]c5ccccc5c4cc3C2(C)CC[C@@H]1O. The molecule has 4 nitrogen and oxygen atoms in total. The fourth-order valence-corrected chi connectivity index (χ4v) is 6.22. The number of hydrogen-bond donors (Lipinski definition) is 2. The average Bonchev–Trinajstić information content (AvgIpc) is 3.06. The third-order valence-electron chi connectivity index (χ3n) is 7.80. The molecule has 0 spiro atoms. The maximum atomic E-state index is 12.8.